The Labute approximate surface area is 289 Å². The van der Waals surface area contributed by atoms with Crippen molar-refractivity contribution in [3.63, 3.8) is 0 Å². The lowest BCUT2D eigenvalue weighted by Crippen LogP contribution is -2.44. The highest BCUT2D eigenvalue weighted by Gasteiger charge is 2.38. The van der Waals surface area contributed by atoms with Crippen molar-refractivity contribution in [3.05, 3.63) is 64.3 Å². The van der Waals surface area contributed by atoms with E-state index in [-0.39, 0.29) is 54.0 Å². The van der Waals surface area contributed by atoms with Gasteiger partial charge in [0, 0.05) is 36.5 Å². The normalized spacial score (nSPS) is 22.4. The number of nitrogens with one attached hydrogen (secondary N) is 3. The third kappa shape index (κ3) is 6.07. The molecule has 3 atom stereocenters. The first kappa shape index (κ1) is 34.1. The Balaban J connectivity index is 1.03. The van der Waals surface area contributed by atoms with Crippen molar-refractivity contribution in [3.8, 4) is 5.75 Å². The summed E-state index contributed by atoms with van der Waals surface area (Å²) in [5.74, 6) is -4.55. The lowest BCUT2D eigenvalue weighted by molar-refractivity contribution is -0.135. The first-order chi connectivity index (χ1) is 24.2. The molecule has 18 heteroatoms. The zero-order valence-corrected chi connectivity index (χ0v) is 28.0. The van der Waals surface area contributed by atoms with Crippen LogP contribution in [0.4, 0.5) is 20.2 Å². The Morgan fingerprint density at radius 1 is 1.04 bits per heavy atom. The third-order valence-corrected chi connectivity index (χ3v) is 11.0. The standard InChI is InChI=1S/C33H33F2N7O8S/c1-2-40-25-12-17(3-6-23(25)42(33(40)48)24-7-8-27(44)37-32(24)47)20-9-10-39(14-22(20)34)15-28(45)36-19-4-5-21-18(11-19)13-26(43)31(30(21)35)41-16-29(46)38-51(41,49)50/h3-6,11-13,20,22,24,43H,2,7-10,14-16H2,1H3,(H,36,45)(H,38,46)(H,37,44,47)/t20-,22+,24?/m1/s1. The predicted molar refractivity (Wildman–Crippen MR) is 181 cm³/mol. The maximum absolute atomic E-state index is 15.7. The molecule has 0 radical (unpaired) electrons. The fraction of sp³-hybridized carbons (Fsp3) is 0.364. The number of anilines is 2. The zero-order valence-electron chi connectivity index (χ0n) is 27.2. The number of rotatable bonds is 7. The van der Waals surface area contributed by atoms with Crippen molar-refractivity contribution in [2.24, 2.45) is 0 Å². The summed E-state index contributed by atoms with van der Waals surface area (Å²) in [4.78, 5) is 63.9. The Morgan fingerprint density at radius 3 is 2.51 bits per heavy atom. The summed E-state index contributed by atoms with van der Waals surface area (Å²) >= 11 is 0. The number of halogens is 2. The molecule has 268 valence electrons. The molecule has 0 spiro atoms. The maximum atomic E-state index is 15.7. The van der Waals surface area contributed by atoms with Crippen LogP contribution < -0.4 is 25.4 Å². The van der Waals surface area contributed by atoms with E-state index in [0.717, 1.165) is 6.07 Å². The predicted octanol–water partition coefficient (Wildman–Crippen LogP) is 1.75. The Hall–Kier alpha value is -5.36. The second-order valence-corrected chi connectivity index (χ2v) is 14.4. The highest BCUT2D eigenvalue weighted by Crippen LogP contribution is 2.39. The number of hydrogen-bond acceptors (Lipinski definition) is 9. The fourth-order valence-corrected chi connectivity index (χ4v) is 8.42. The number of hydrogen-bond donors (Lipinski definition) is 4. The van der Waals surface area contributed by atoms with Gasteiger partial charge in [0.2, 0.25) is 17.7 Å². The van der Waals surface area contributed by atoms with Crippen LogP contribution in [0, 0.1) is 5.82 Å². The summed E-state index contributed by atoms with van der Waals surface area (Å²) in [6, 6.07) is 9.61. The van der Waals surface area contributed by atoms with Crippen molar-refractivity contribution < 1.29 is 41.5 Å². The molecular weight excluding hydrogens is 692 g/mol. The van der Waals surface area contributed by atoms with Gasteiger partial charge in [-0.1, -0.05) is 6.07 Å². The van der Waals surface area contributed by atoms with E-state index in [1.165, 1.54) is 27.3 Å². The molecule has 15 nitrogen and oxygen atoms in total. The number of fused-ring (bicyclic) bond motifs is 2. The molecule has 4 amide bonds. The van der Waals surface area contributed by atoms with Gasteiger partial charge in [-0.3, -0.25) is 38.5 Å². The Kier molecular flexibility index (Phi) is 8.53. The van der Waals surface area contributed by atoms with Crippen molar-refractivity contribution in [2.75, 3.05) is 35.8 Å². The monoisotopic (exact) mass is 725 g/mol. The number of phenols is 1. The fourth-order valence-electron chi connectivity index (χ4n) is 7.25. The van der Waals surface area contributed by atoms with Crippen molar-refractivity contribution in [1.29, 1.82) is 0 Å². The van der Waals surface area contributed by atoms with Crippen LogP contribution in [0.1, 0.15) is 43.7 Å². The largest absolute Gasteiger partial charge is 0.506 e. The minimum absolute atomic E-state index is 0.0374. The van der Waals surface area contributed by atoms with E-state index < -0.39 is 69.9 Å². The first-order valence-corrected chi connectivity index (χ1v) is 17.7. The molecule has 4 N–H and O–H groups in total. The van der Waals surface area contributed by atoms with Crippen LogP contribution in [-0.2, 0) is 35.9 Å². The van der Waals surface area contributed by atoms with E-state index in [1.54, 1.807) is 34.7 Å². The number of aryl methyl sites for hydroxylation is 1. The summed E-state index contributed by atoms with van der Waals surface area (Å²) in [7, 11) is -4.37. The van der Waals surface area contributed by atoms with Gasteiger partial charge < -0.3 is 10.4 Å². The molecule has 3 aliphatic heterocycles. The minimum Gasteiger partial charge on any atom is -0.506 e. The number of benzene rings is 3. The number of aromatic nitrogens is 2. The molecule has 0 aliphatic carbocycles. The summed E-state index contributed by atoms with van der Waals surface area (Å²) in [5.41, 5.74) is 0.962. The Morgan fingerprint density at radius 2 is 1.82 bits per heavy atom. The molecule has 1 aromatic heterocycles. The summed E-state index contributed by atoms with van der Waals surface area (Å²) in [5, 5.41) is 15.6. The Bertz CT molecular complexity index is 2320. The number of aromatic hydroxyl groups is 1. The van der Waals surface area contributed by atoms with Crippen LogP contribution in [0.15, 0.2) is 47.3 Å². The smallest absolute Gasteiger partial charge is 0.329 e. The zero-order chi connectivity index (χ0) is 36.4. The van der Waals surface area contributed by atoms with Gasteiger partial charge in [0.1, 0.15) is 30.2 Å². The SMILES string of the molecule is CCn1c(=O)n(C2CCC(=O)NC2=O)c2ccc([C@H]3CCN(CC(=O)Nc4ccc5c(F)c(N6CC(=O)NS6(=O)=O)c(O)cc5c4)C[C@@H]3F)cc21. The van der Waals surface area contributed by atoms with Gasteiger partial charge in [0.25, 0.3) is 5.91 Å². The third-order valence-electron chi connectivity index (χ3n) is 9.63. The van der Waals surface area contributed by atoms with Crippen LogP contribution in [-0.4, -0.2) is 83.5 Å². The molecule has 3 fully saturated rings. The number of piperidine rings is 2. The van der Waals surface area contributed by atoms with Gasteiger partial charge in [0.05, 0.1) is 17.6 Å². The average Bonchev–Trinajstić information content (AvgIpc) is 3.49. The lowest BCUT2D eigenvalue weighted by Gasteiger charge is -2.34. The highest BCUT2D eigenvalue weighted by atomic mass is 32.2. The summed E-state index contributed by atoms with van der Waals surface area (Å²) in [6.07, 6.45) is -0.638. The molecule has 3 aromatic carbocycles. The molecule has 1 unspecified atom stereocenters. The van der Waals surface area contributed by atoms with Crippen LogP contribution in [0.5, 0.6) is 5.75 Å². The molecule has 0 saturated carbocycles. The van der Waals surface area contributed by atoms with E-state index in [2.05, 4.69) is 10.6 Å². The van der Waals surface area contributed by atoms with E-state index in [1.807, 2.05) is 0 Å². The number of amides is 4. The number of nitrogens with zero attached hydrogens (tertiary/aromatic N) is 4. The van der Waals surface area contributed by atoms with Crippen molar-refractivity contribution in [2.45, 2.75) is 50.9 Å². The summed E-state index contributed by atoms with van der Waals surface area (Å²) in [6.45, 7) is 1.64. The lowest BCUT2D eigenvalue weighted by atomic mass is 9.87. The van der Waals surface area contributed by atoms with E-state index in [0.29, 0.717) is 40.4 Å². The van der Waals surface area contributed by atoms with Gasteiger partial charge in [-0.05, 0) is 73.7 Å². The van der Waals surface area contributed by atoms with Crippen LogP contribution >= 0.6 is 0 Å². The number of carbonyl (C=O) groups excluding carboxylic acids is 4. The average molecular weight is 726 g/mol. The van der Waals surface area contributed by atoms with Crippen LogP contribution in [0.2, 0.25) is 0 Å². The number of phenolic OH excluding ortho intramolecular Hbond substituents is 1. The molecule has 3 saturated heterocycles. The molecule has 7 rings (SSSR count). The van der Waals surface area contributed by atoms with E-state index >= 15 is 8.78 Å². The molecule has 3 aliphatic rings. The van der Waals surface area contributed by atoms with E-state index in [4.69, 9.17) is 0 Å². The van der Waals surface area contributed by atoms with Crippen molar-refractivity contribution >= 4 is 67.0 Å². The van der Waals surface area contributed by atoms with Gasteiger partial charge >= 0.3 is 15.9 Å². The molecule has 0 bridgehead atoms. The topological polar surface area (TPSA) is 192 Å². The van der Waals surface area contributed by atoms with Gasteiger partial charge in [-0.15, -0.1) is 0 Å². The van der Waals surface area contributed by atoms with Crippen LogP contribution in [0.3, 0.4) is 0 Å². The molecule has 4 heterocycles. The quantitative estimate of drug-likeness (QED) is 0.206. The van der Waals surface area contributed by atoms with Gasteiger partial charge in [0.15, 0.2) is 5.82 Å². The maximum Gasteiger partial charge on any atom is 0.329 e. The van der Waals surface area contributed by atoms with E-state index in [9.17, 15) is 37.5 Å². The first-order valence-electron chi connectivity index (χ1n) is 16.3. The molecular formula is C33H33F2N7O8S. The number of alkyl halides is 1. The minimum atomic E-state index is -4.37. The molecule has 51 heavy (non-hydrogen) atoms. The summed E-state index contributed by atoms with van der Waals surface area (Å²) < 4.78 is 60.7. The van der Waals surface area contributed by atoms with Crippen LogP contribution in [0.25, 0.3) is 21.8 Å². The highest BCUT2D eigenvalue weighted by molar-refractivity contribution is 7.92. The number of imide groups is 1. The number of likely N-dealkylation sites (tertiary alicyclic amines) is 1. The van der Waals surface area contributed by atoms with Crippen molar-refractivity contribution in [1.82, 2.24) is 24.1 Å². The molecule has 4 aromatic rings. The number of carbonyl (C=O) groups is 4. The van der Waals surface area contributed by atoms with Gasteiger partial charge in [-0.2, -0.15) is 8.42 Å². The second-order valence-electron chi connectivity index (χ2n) is 12.8. The second kappa shape index (κ2) is 12.8. The van der Waals surface area contributed by atoms with Gasteiger partial charge in [-0.25, -0.2) is 22.6 Å². The number of imidazole rings is 1.